The normalized spacial score (nSPS) is 13.0. The van der Waals surface area contributed by atoms with Crippen molar-refractivity contribution in [3.63, 3.8) is 0 Å². The lowest BCUT2D eigenvalue weighted by atomic mass is 10.2. The zero-order chi connectivity index (χ0) is 26.2. The van der Waals surface area contributed by atoms with E-state index < -0.39 is 24.1 Å². The second kappa shape index (κ2) is 12.0. The summed E-state index contributed by atoms with van der Waals surface area (Å²) >= 11 is 0. The van der Waals surface area contributed by atoms with E-state index in [1.54, 1.807) is 35.2 Å². The molecule has 0 aliphatic carbocycles. The van der Waals surface area contributed by atoms with Gasteiger partial charge in [0, 0.05) is 36.7 Å². The van der Waals surface area contributed by atoms with Gasteiger partial charge < -0.3 is 25.0 Å². The lowest BCUT2D eigenvalue weighted by Crippen LogP contribution is -2.43. The van der Waals surface area contributed by atoms with Crippen molar-refractivity contribution in [1.82, 2.24) is 9.88 Å². The summed E-state index contributed by atoms with van der Waals surface area (Å²) in [6.45, 7) is 3.85. The first-order valence-corrected chi connectivity index (χ1v) is 11.6. The van der Waals surface area contributed by atoms with E-state index in [1.165, 1.54) is 30.5 Å². The average molecular weight is 508 g/mol. The number of rotatable bonds is 7. The molecule has 0 atom stereocenters. The number of nitrogens with one attached hydrogen (secondary N) is 3. The Bertz CT molecular complexity index is 1280. The molecule has 3 N–H and O–H groups in total. The van der Waals surface area contributed by atoms with Gasteiger partial charge in [-0.2, -0.15) is 0 Å². The Labute approximate surface area is 212 Å². The molecule has 0 saturated carbocycles. The number of nitrogens with zero attached hydrogens (tertiary/aromatic N) is 2. The molecule has 0 bridgehead atoms. The van der Waals surface area contributed by atoms with Crippen molar-refractivity contribution in [3.8, 4) is 11.5 Å². The van der Waals surface area contributed by atoms with Crippen LogP contribution in [-0.2, 0) is 14.3 Å². The number of halogens is 1. The summed E-state index contributed by atoms with van der Waals surface area (Å²) < 4.78 is 24.2. The van der Waals surface area contributed by atoms with Gasteiger partial charge in [-0.15, -0.1) is 0 Å². The van der Waals surface area contributed by atoms with Gasteiger partial charge in [0.1, 0.15) is 29.6 Å². The zero-order valence-electron chi connectivity index (χ0n) is 20.1. The molecule has 2 heterocycles. The minimum atomic E-state index is -0.519. The molecule has 1 aromatic heterocycles. The van der Waals surface area contributed by atoms with Gasteiger partial charge in [0.25, 0.3) is 0 Å². The number of hydrogen-bond donors (Lipinski definition) is 3. The van der Waals surface area contributed by atoms with Gasteiger partial charge >= 0.3 is 6.03 Å². The molecule has 0 radical (unpaired) electrons. The van der Waals surface area contributed by atoms with Gasteiger partial charge in [0.15, 0.2) is 0 Å². The van der Waals surface area contributed by atoms with Crippen molar-refractivity contribution < 1.29 is 28.2 Å². The van der Waals surface area contributed by atoms with Crippen molar-refractivity contribution in [2.24, 2.45) is 0 Å². The van der Waals surface area contributed by atoms with Crippen LogP contribution in [0.25, 0.3) is 0 Å². The van der Waals surface area contributed by atoms with Crippen molar-refractivity contribution >= 4 is 35.0 Å². The molecule has 1 saturated heterocycles. The molecule has 11 heteroatoms. The molecule has 1 aliphatic heterocycles. The highest BCUT2D eigenvalue weighted by atomic mass is 19.1. The van der Waals surface area contributed by atoms with Gasteiger partial charge in [-0.25, -0.2) is 14.2 Å². The third kappa shape index (κ3) is 7.48. The second-order valence-electron chi connectivity index (χ2n) is 8.27. The molecule has 192 valence electrons. The highest BCUT2D eigenvalue weighted by Crippen LogP contribution is 2.28. The van der Waals surface area contributed by atoms with E-state index in [9.17, 15) is 18.8 Å². The number of pyridine rings is 1. The van der Waals surface area contributed by atoms with E-state index >= 15 is 0 Å². The molecule has 0 unspecified atom stereocenters. The Morgan fingerprint density at radius 2 is 1.62 bits per heavy atom. The Hall–Kier alpha value is -4.51. The third-order valence-corrected chi connectivity index (χ3v) is 5.40. The third-order valence-electron chi connectivity index (χ3n) is 5.40. The molecule has 37 heavy (non-hydrogen) atoms. The van der Waals surface area contributed by atoms with Gasteiger partial charge in [0.05, 0.1) is 13.2 Å². The predicted octanol–water partition coefficient (Wildman–Crippen LogP) is 4.15. The van der Waals surface area contributed by atoms with Crippen LogP contribution in [0.3, 0.4) is 0 Å². The van der Waals surface area contributed by atoms with Gasteiger partial charge in [0.2, 0.25) is 11.8 Å². The number of aromatic nitrogens is 1. The average Bonchev–Trinajstić information content (AvgIpc) is 2.88. The summed E-state index contributed by atoms with van der Waals surface area (Å²) in [5, 5.41) is 7.98. The van der Waals surface area contributed by atoms with E-state index in [-0.39, 0.29) is 6.03 Å². The fourth-order valence-corrected chi connectivity index (χ4v) is 3.56. The molecular weight excluding hydrogens is 481 g/mol. The quantitative estimate of drug-likeness (QED) is 0.413. The Kier molecular flexibility index (Phi) is 8.26. The van der Waals surface area contributed by atoms with Crippen molar-refractivity contribution in [2.45, 2.75) is 13.3 Å². The number of carbonyl (C=O) groups excluding carboxylic acids is 3. The van der Waals surface area contributed by atoms with Crippen molar-refractivity contribution in [1.29, 1.82) is 0 Å². The molecule has 4 amide bonds. The van der Waals surface area contributed by atoms with Crippen molar-refractivity contribution in [3.05, 3.63) is 72.2 Å². The summed E-state index contributed by atoms with van der Waals surface area (Å²) in [6.07, 6.45) is 1.13. The Balaban J connectivity index is 1.31. The minimum Gasteiger partial charge on any atom is -0.457 e. The van der Waals surface area contributed by atoms with Crippen LogP contribution < -0.4 is 20.7 Å². The van der Waals surface area contributed by atoms with Crippen LogP contribution in [0.5, 0.6) is 11.5 Å². The summed E-state index contributed by atoms with van der Waals surface area (Å²) in [7, 11) is 0. The van der Waals surface area contributed by atoms with Crippen LogP contribution in [0.15, 0.2) is 60.8 Å². The predicted molar refractivity (Wildman–Crippen MR) is 135 cm³/mol. The number of ether oxygens (including phenoxy) is 2. The summed E-state index contributed by atoms with van der Waals surface area (Å²) in [5.74, 6) is -0.0568. The Morgan fingerprint density at radius 3 is 2.32 bits per heavy atom. The monoisotopic (exact) mass is 507 g/mol. The number of aryl methyl sites for hydroxylation is 1. The topological polar surface area (TPSA) is 122 Å². The molecule has 1 fully saturated rings. The van der Waals surface area contributed by atoms with Crippen molar-refractivity contribution in [2.75, 3.05) is 42.3 Å². The second-order valence-corrected chi connectivity index (χ2v) is 8.27. The standard InChI is InChI=1S/C26H26FN5O5/c1-17-14-20(30-25(34)16-24(33)29-19-4-2-18(27)3-5-19)6-7-22(17)37-21-8-9-28-23(15-21)31-26(35)32-10-12-36-13-11-32/h2-9,14-15H,10-13,16H2,1H3,(H,29,33)(H,30,34)(H,28,31,35). The number of urea groups is 1. The molecule has 2 aromatic carbocycles. The first kappa shape index (κ1) is 25.6. The minimum absolute atomic E-state index is 0.254. The van der Waals surface area contributed by atoms with Gasteiger partial charge in [-0.05, 0) is 61.0 Å². The van der Waals surface area contributed by atoms with Gasteiger partial charge in [-0.3, -0.25) is 14.9 Å². The summed E-state index contributed by atoms with van der Waals surface area (Å²) in [4.78, 5) is 42.6. The maximum absolute atomic E-state index is 13.0. The van der Waals surface area contributed by atoms with E-state index in [2.05, 4.69) is 20.9 Å². The number of morpholine rings is 1. The highest BCUT2D eigenvalue weighted by molar-refractivity contribution is 6.08. The largest absolute Gasteiger partial charge is 0.457 e. The smallest absolute Gasteiger partial charge is 0.323 e. The van der Waals surface area contributed by atoms with Gasteiger partial charge in [-0.1, -0.05) is 0 Å². The van der Waals surface area contributed by atoms with E-state index in [0.717, 1.165) is 5.56 Å². The van der Waals surface area contributed by atoms with E-state index in [1.807, 2.05) is 6.92 Å². The molecule has 3 aromatic rings. The lowest BCUT2D eigenvalue weighted by molar-refractivity contribution is -0.123. The molecule has 10 nitrogen and oxygen atoms in total. The summed E-state index contributed by atoms with van der Waals surface area (Å²) in [5.41, 5.74) is 1.64. The fraction of sp³-hybridized carbons (Fsp3) is 0.231. The van der Waals surface area contributed by atoms with Crippen LogP contribution in [0.1, 0.15) is 12.0 Å². The maximum atomic E-state index is 13.0. The number of amides is 4. The SMILES string of the molecule is Cc1cc(NC(=O)CC(=O)Nc2ccc(F)cc2)ccc1Oc1ccnc(NC(=O)N2CCOCC2)c1. The first-order valence-electron chi connectivity index (χ1n) is 11.6. The Morgan fingerprint density at radius 1 is 0.946 bits per heavy atom. The molecular formula is C26H26FN5O5. The van der Waals surface area contributed by atoms with Crippen LogP contribution in [0, 0.1) is 12.7 Å². The number of carbonyl (C=O) groups is 3. The zero-order valence-corrected chi connectivity index (χ0v) is 20.1. The number of hydrogen-bond acceptors (Lipinski definition) is 6. The first-order chi connectivity index (χ1) is 17.9. The van der Waals surface area contributed by atoms with E-state index in [0.29, 0.717) is 55.0 Å². The van der Waals surface area contributed by atoms with E-state index in [4.69, 9.17) is 9.47 Å². The molecule has 1 aliphatic rings. The van der Waals surface area contributed by atoms with Crippen LogP contribution in [-0.4, -0.2) is 54.0 Å². The maximum Gasteiger partial charge on any atom is 0.323 e. The van der Waals surface area contributed by atoms with Crippen LogP contribution in [0.2, 0.25) is 0 Å². The fourth-order valence-electron chi connectivity index (χ4n) is 3.56. The summed E-state index contributed by atoms with van der Waals surface area (Å²) in [6, 6.07) is 13.4. The molecule has 4 rings (SSSR count). The lowest BCUT2D eigenvalue weighted by Gasteiger charge is -2.26. The highest BCUT2D eigenvalue weighted by Gasteiger charge is 2.17. The van der Waals surface area contributed by atoms with Crippen LogP contribution >= 0.6 is 0 Å². The van der Waals surface area contributed by atoms with Crippen LogP contribution in [0.4, 0.5) is 26.4 Å². The molecule has 0 spiro atoms. The number of anilines is 3. The number of benzene rings is 2.